The fourth-order valence-electron chi connectivity index (χ4n) is 4.42. The smallest absolute Gasteiger partial charge is 0.259 e. The summed E-state index contributed by atoms with van der Waals surface area (Å²) in [5, 5.41) is 3.91. The summed E-state index contributed by atoms with van der Waals surface area (Å²) >= 11 is 0. The molecule has 0 aromatic carbocycles. The summed E-state index contributed by atoms with van der Waals surface area (Å²) in [5.74, 6) is 0.617. The molecule has 7 heteroatoms. The van der Waals surface area contributed by atoms with Crippen molar-refractivity contribution in [3.8, 4) is 0 Å². The van der Waals surface area contributed by atoms with Crippen LogP contribution >= 0.6 is 0 Å². The third-order valence-corrected chi connectivity index (χ3v) is 6.18. The Hall–Kier alpha value is -2.25. The molecule has 2 aromatic rings. The Balaban J connectivity index is 1.34. The molecule has 0 saturated carbocycles. The fraction of sp³-hybridized carbons (Fsp3) is 0.571. The van der Waals surface area contributed by atoms with Crippen LogP contribution in [0.4, 0.5) is 0 Å². The molecule has 150 valence electrons. The molecule has 0 bridgehead atoms. The van der Waals surface area contributed by atoms with Gasteiger partial charge in [0.25, 0.3) is 5.91 Å². The summed E-state index contributed by atoms with van der Waals surface area (Å²) in [4.78, 5) is 21.3. The molecule has 4 heterocycles. The Kier molecular flexibility index (Phi) is 5.21. The molecule has 1 spiro atoms. The zero-order chi connectivity index (χ0) is 19.7. The number of ether oxygens (including phenoxy) is 1. The molecule has 2 aromatic heterocycles. The zero-order valence-corrected chi connectivity index (χ0v) is 16.9. The maximum atomic E-state index is 12.9. The zero-order valence-electron chi connectivity index (χ0n) is 16.9. The van der Waals surface area contributed by atoms with Crippen LogP contribution in [0.3, 0.4) is 0 Å². The number of hydrogen-bond acceptors (Lipinski definition) is 6. The predicted octanol–water partition coefficient (Wildman–Crippen LogP) is 2.58. The van der Waals surface area contributed by atoms with Gasteiger partial charge in [0.05, 0.1) is 17.9 Å². The van der Waals surface area contributed by atoms with E-state index in [0.717, 1.165) is 32.4 Å². The van der Waals surface area contributed by atoms with E-state index in [9.17, 15) is 4.79 Å². The lowest BCUT2D eigenvalue weighted by atomic mass is 9.87. The maximum Gasteiger partial charge on any atom is 0.259 e. The SMILES string of the molecule is Cc1noc(C)c1C(=O)N1CCC2(CC1)CC(N(C)Cc1cccnc1)CO2. The van der Waals surface area contributed by atoms with Gasteiger partial charge in [-0.2, -0.15) is 0 Å². The van der Waals surface area contributed by atoms with Crippen LogP contribution < -0.4 is 0 Å². The summed E-state index contributed by atoms with van der Waals surface area (Å²) in [6.07, 6.45) is 6.48. The van der Waals surface area contributed by atoms with Crippen molar-refractivity contribution in [1.29, 1.82) is 0 Å². The number of hydrogen-bond donors (Lipinski definition) is 0. The monoisotopic (exact) mass is 384 g/mol. The number of aryl methyl sites for hydroxylation is 2. The Morgan fingerprint density at radius 2 is 2.14 bits per heavy atom. The number of carbonyl (C=O) groups excluding carboxylic acids is 1. The Morgan fingerprint density at radius 1 is 1.36 bits per heavy atom. The van der Waals surface area contributed by atoms with E-state index in [0.29, 0.717) is 36.1 Å². The number of amides is 1. The largest absolute Gasteiger partial charge is 0.373 e. The molecule has 0 radical (unpaired) electrons. The number of rotatable bonds is 4. The molecule has 28 heavy (non-hydrogen) atoms. The Morgan fingerprint density at radius 3 is 2.79 bits per heavy atom. The minimum atomic E-state index is -0.108. The van der Waals surface area contributed by atoms with Gasteiger partial charge in [0.1, 0.15) is 11.3 Å². The summed E-state index contributed by atoms with van der Waals surface area (Å²) in [5.41, 5.74) is 2.38. The number of pyridine rings is 1. The highest BCUT2D eigenvalue weighted by Crippen LogP contribution is 2.38. The molecule has 4 rings (SSSR count). The average molecular weight is 384 g/mol. The standard InChI is InChI=1S/C21H28N4O3/c1-15-19(16(2)28-23-15)20(26)25-9-6-21(7-10-25)11-18(14-27-21)24(3)13-17-5-4-8-22-12-17/h4-5,8,12,18H,6-7,9-11,13-14H2,1-3H3. The number of piperidine rings is 1. The van der Waals surface area contributed by atoms with Gasteiger partial charge in [-0.1, -0.05) is 11.2 Å². The third kappa shape index (κ3) is 3.69. The van der Waals surface area contributed by atoms with Gasteiger partial charge in [0.2, 0.25) is 0 Å². The fourth-order valence-corrected chi connectivity index (χ4v) is 4.42. The lowest BCUT2D eigenvalue weighted by Crippen LogP contribution is -2.47. The third-order valence-electron chi connectivity index (χ3n) is 6.18. The van der Waals surface area contributed by atoms with Gasteiger partial charge in [-0.15, -0.1) is 0 Å². The second-order valence-electron chi connectivity index (χ2n) is 8.12. The van der Waals surface area contributed by atoms with E-state index in [4.69, 9.17) is 9.26 Å². The van der Waals surface area contributed by atoms with Crippen LogP contribution in [0.25, 0.3) is 0 Å². The van der Waals surface area contributed by atoms with Crippen molar-refractivity contribution in [2.75, 3.05) is 26.7 Å². The van der Waals surface area contributed by atoms with E-state index in [1.54, 1.807) is 13.1 Å². The van der Waals surface area contributed by atoms with Gasteiger partial charge in [0.15, 0.2) is 0 Å². The van der Waals surface area contributed by atoms with Crippen molar-refractivity contribution < 1.29 is 14.1 Å². The average Bonchev–Trinajstić information content (AvgIpc) is 3.26. The highest BCUT2D eigenvalue weighted by molar-refractivity contribution is 5.96. The van der Waals surface area contributed by atoms with E-state index in [-0.39, 0.29) is 11.5 Å². The topological polar surface area (TPSA) is 71.7 Å². The summed E-state index contributed by atoms with van der Waals surface area (Å²) in [6, 6.07) is 4.47. The van der Waals surface area contributed by atoms with Crippen LogP contribution in [0.1, 0.15) is 46.6 Å². The van der Waals surface area contributed by atoms with Crippen LogP contribution in [0.15, 0.2) is 29.0 Å². The quantitative estimate of drug-likeness (QED) is 0.807. The van der Waals surface area contributed by atoms with Crippen molar-refractivity contribution in [2.45, 2.75) is 51.3 Å². The van der Waals surface area contributed by atoms with Crippen molar-refractivity contribution >= 4 is 5.91 Å². The second kappa shape index (κ2) is 7.64. The summed E-state index contributed by atoms with van der Waals surface area (Å²) in [7, 11) is 2.15. The highest BCUT2D eigenvalue weighted by atomic mass is 16.5. The second-order valence-corrected chi connectivity index (χ2v) is 8.12. The van der Waals surface area contributed by atoms with Crippen molar-refractivity contribution in [1.82, 2.24) is 19.9 Å². The van der Waals surface area contributed by atoms with E-state index >= 15 is 0 Å². The Bertz CT molecular complexity index is 808. The van der Waals surface area contributed by atoms with E-state index in [2.05, 4.69) is 28.2 Å². The molecule has 2 aliphatic rings. The number of likely N-dealkylation sites (tertiary alicyclic amines) is 1. The molecule has 2 aliphatic heterocycles. The van der Waals surface area contributed by atoms with Gasteiger partial charge < -0.3 is 14.2 Å². The lowest BCUT2D eigenvalue weighted by Gasteiger charge is -2.39. The minimum absolute atomic E-state index is 0.0225. The first-order chi connectivity index (χ1) is 13.5. The molecular formula is C21H28N4O3. The van der Waals surface area contributed by atoms with Gasteiger partial charge in [0, 0.05) is 38.1 Å². The molecular weight excluding hydrogens is 356 g/mol. The first-order valence-electron chi connectivity index (χ1n) is 9.93. The maximum absolute atomic E-state index is 12.9. The van der Waals surface area contributed by atoms with Crippen LogP contribution in [-0.4, -0.2) is 64.2 Å². The van der Waals surface area contributed by atoms with E-state index in [1.807, 2.05) is 24.1 Å². The first kappa shape index (κ1) is 19.1. The van der Waals surface area contributed by atoms with Crippen LogP contribution in [0.2, 0.25) is 0 Å². The molecule has 7 nitrogen and oxygen atoms in total. The van der Waals surface area contributed by atoms with E-state index < -0.39 is 0 Å². The van der Waals surface area contributed by atoms with Crippen molar-refractivity contribution in [3.63, 3.8) is 0 Å². The molecule has 1 unspecified atom stereocenters. The van der Waals surface area contributed by atoms with Crippen LogP contribution in [-0.2, 0) is 11.3 Å². The highest BCUT2D eigenvalue weighted by Gasteiger charge is 2.44. The van der Waals surface area contributed by atoms with Crippen molar-refractivity contribution in [2.24, 2.45) is 0 Å². The van der Waals surface area contributed by atoms with Crippen molar-refractivity contribution in [3.05, 3.63) is 47.1 Å². The number of carbonyl (C=O) groups is 1. The van der Waals surface area contributed by atoms with E-state index in [1.165, 1.54) is 5.56 Å². The van der Waals surface area contributed by atoms with Crippen LogP contribution in [0.5, 0.6) is 0 Å². The van der Waals surface area contributed by atoms with Gasteiger partial charge in [-0.25, -0.2) is 0 Å². The van der Waals surface area contributed by atoms with Crippen LogP contribution in [0, 0.1) is 13.8 Å². The summed E-state index contributed by atoms with van der Waals surface area (Å²) in [6.45, 7) is 6.65. The molecule has 0 aliphatic carbocycles. The van der Waals surface area contributed by atoms with Gasteiger partial charge in [-0.3, -0.25) is 14.7 Å². The van der Waals surface area contributed by atoms with Gasteiger partial charge >= 0.3 is 0 Å². The molecule has 1 atom stereocenters. The first-order valence-corrected chi connectivity index (χ1v) is 9.93. The summed E-state index contributed by atoms with van der Waals surface area (Å²) < 4.78 is 11.5. The molecule has 2 fully saturated rings. The molecule has 1 amide bonds. The lowest BCUT2D eigenvalue weighted by molar-refractivity contribution is -0.0393. The minimum Gasteiger partial charge on any atom is -0.373 e. The van der Waals surface area contributed by atoms with Gasteiger partial charge in [-0.05, 0) is 51.8 Å². The molecule has 2 saturated heterocycles. The molecule has 0 N–H and O–H groups in total. The predicted molar refractivity (Wildman–Crippen MR) is 104 cm³/mol. The number of likely N-dealkylation sites (N-methyl/N-ethyl adjacent to an activating group) is 1. The normalized spacial score (nSPS) is 21.6. The number of aromatic nitrogens is 2. The number of nitrogens with zero attached hydrogens (tertiary/aromatic N) is 4. The Labute approximate surface area is 165 Å².